The first-order chi connectivity index (χ1) is 1.91. The Morgan fingerprint density at radius 2 is 2.00 bits per heavy atom. The highest BCUT2D eigenvalue weighted by molar-refractivity contribution is 6.21. The van der Waals surface area contributed by atoms with Crippen molar-refractivity contribution >= 4 is 9.92 Å². The standard InChI is InChI=1S/H6N2OSi/c1-3-4-2/h1-2,4H2. The van der Waals surface area contributed by atoms with Gasteiger partial charge in [-0.2, -0.15) is 0 Å². The van der Waals surface area contributed by atoms with E-state index in [9.17, 15) is 0 Å². The molecule has 0 aliphatic rings. The number of hydrogen-bond acceptors (Lipinski definition) is 3. The topological polar surface area (TPSA) is 61.3 Å². The molecule has 0 unspecified atom stereocenters. The minimum Gasteiger partial charge on any atom is -0.337 e. The summed E-state index contributed by atoms with van der Waals surface area (Å²) in [7, 11) is -0.798. The lowest BCUT2D eigenvalue weighted by molar-refractivity contribution is 0.356. The van der Waals surface area contributed by atoms with Crippen molar-refractivity contribution in [2.24, 2.45) is 11.3 Å². The molecule has 0 aliphatic heterocycles. The molecule has 0 atom stereocenters. The van der Waals surface area contributed by atoms with Crippen molar-refractivity contribution in [3.05, 3.63) is 0 Å². The SMILES string of the molecule is NO[SiH2]N. The van der Waals surface area contributed by atoms with Crippen molar-refractivity contribution in [1.29, 1.82) is 0 Å². The van der Waals surface area contributed by atoms with Gasteiger partial charge in [-0.15, -0.1) is 0 Å². The Bertz CT molecular complexity index is 8.00. The second kappa shape index (κ2) is 3.10. The zero-order valence-corrected chi connectivity index (χ0v) is 3.68. The van der Waals surface area contributed by atoms with E-state index < -0.39 is 9.92 Å². The van der Waals surface area contributed by atoms with Crippen molar-refractivity contribution in [2.45, 2.75) is 0 Å². The first-order valence-electron chi connectivity index (χ1n) is 0.933. The summed E-state index contributed by atoms with van der Waals surface area (Å²) in [5.74, 6) is 4.46. The van der Waals surface area contributed by atoms with Crippen LogP contribution >= 0.6 is 0 Å². The molecule has 0 aromatic heterocycles. The van der Waals surface area contributed by atoms with Crippen molar-refractivity contribution in [3.63, 3.8) is 0 Å². The molecular weight excluding hydrogens is 72.1 g/mol. The van der Waals surface area contributed by atoms with Gasteiger partial charge < -0.3 is 9.93 Å². The van der Waals surface area contributed by atoms with Crippen LogP contribution in [0.5, 0.6) is 0 Å². The van der Waals surface area contributed by atoms with Gasteiger partial charge in [0.2, 0.25) is 0 Å². The van der Waals surface area contributed by atoms with E-state index in [1.54, 1.807) is 0 Å². The first-order valence-corrected chi connectivity index (χ1v) is 2.33. The highest BCUT2D eigenvalue weighted by atomic mass is 28.2. The second-order valence-corrected chi connectivity index (χ2v) is 1.00. The Morgan fingerprint density at radius 1 is 1.75 bits per heavy atom. The quantitative estimate of drug-likeness (QED) is 0.277. The fourth-order valence-corrected chi connectivity index (χ4v) is 0. The first kappa shape index (κ1) is 4.10. The fourth-order valence-electron chi connectivity index (χ4n) is 0. The number of hydrogen-bond donors (Lipinski definition) is 2. The average molecular weight is 78.1 g/mol. The lowest BCUT2D eigenvalue weighted by Gasteiger charge is -1.75. The lowest BCUT2D eigenvalue weighted by Crippen LogP contribution is -2.13. The number of rotatable bonds is 1. The highest BCUT2D eigenvalue weighted by Gasteiger charge is 1.55. The molecule has 0 bridgehead atoms. The van der Waals surface area contributed by atoms with Crippen molar-refractivity contribution in [3.8, 4) is 0 Å². The summed E-state index contributed by atoms with van der Waals surface area (Å²) in [5.41, 5.74) is 0. The van der Waals surface area contributed by atoms with Crippen LogP contribution in [0.1, 0.15) is 0 Å². The Morgan fingerprint density at radius 3 is 2.00 bits per heavy atom. The molecule has 0 fully saturated rings. The molecule has 3 nitrogen and oxygen atoms in total. The Balaban J connectivity index is 1.97. The molecule has 4 heteroatoms. The van der Waals surface area contributed by atoms with E-state index in [1.165, 1.54) is 0 Å². The molecule has 0 aromatic rings. The van der Waals surface area contributed by atoms with E-state index in [4.69, 9.17) is 5.40 Å². The minimum atomic E-state index is -0.798. The van der Waals surface area contributed by atoms with E-state index in [0.717, 1.165) is 0 Å². The fraction of sp³-hybridized carbons (Fsp3) is 0. The van der Waals surface area contributed by atoms with Crippen LogP contribution in [0.3, 0.4) is 0 Å². The normalized spacial score (nSPS) is 10.5. The molecule has 0 saturated carbocycles. The van der Waals surface area contributed by atoms with E-state index in [1.807, 2.05) is 0 Å². The Labute approximate surface area is 26.9 Å². The molecule has 0 aromatic carbocycles. The van der Waals surface area contributed by atoms with Crippen molar-refractivity contribution < 1.29 is 4.53 Å². The van der Waals surface area contributed by atoms with Crippen LogP contribution in [0.15, 0.2) is 0 Å². The van der Waals surface area contributed by atoms with E-state index >= 15 is 0 Å². The maximum absolute atomic E-state index is 4.82. The summed E-state index contributed by atoms with van der Waals surface area (Å²) >= 11 is 0. The highest BCUT2D eigenvalue weighted by Crippen LogP contribution is 1.23. The molecular formula is H6N2OSi. The van der Waals surface area contributed by atoms with Gasteiger partial charge in [-0.1, -0.05) is 0 Å². The lowest BCUT2D eigenvalue weighted by atomic mass is 13.6. The van der Waals surface area contributed by atoms with E-state index in [-0.39, 0.29) is 0 Å². The van der Waals surface area contributed by atoms with Crippen LogP contribution in [0.25, 0.3) is 0 Å². The van der Waals surface area contributed by atoms with Gasteiger partial charge in [-0.25, -0.2) is 5.90 Å². The third kappa shape index (κ3) is 2.10. The second-order valence-electron chi connectivity index (χ2n) is 0.333. The summed E-state index contributed by atoms with van der Waals surface area (Å²) in [6.07, 6.45) is 0. The molecule has 0 aliphatic carbocycles. The third-order valence-corrected chi connectivity index (χ3v) is 0.289. The maximum atomic E-state index is 4.82. The van der Waals surface area contributed by atoms with Crippen LogP contribution in [0.4, 0.5) is 0 Å². The molecule has 26 valence electrons. The molecule has 0 heterocycles. The van der Waals surface area contributed by atoms with Gasteiger partial charge in [0.25, 0.3) is 9.92 Å². The third-order valence-electron chi connectivity index (χ3n) is 0.0962. The molecule has 4 heavy (non-hydrogen) atoms. The van der Waals surface area contributed by atoms with Crippen LogP contribution in [0, 0.1) is 0 Å². The summed E-state index contributed by atoms with van der Waals surface area (Å²) in [4.78, 5) is 0. The van der Waals surface area contributed by atoms with Crippen LogP contribution in [-0.2, 0) is 4.53 Å². The summed E-state index contributed by atoms with van der Waals surface area (Å²) < 4.78 is 3.96. The molecule has 0 saturated heterocycles. The predicted molar refractivity (Wildman–Crippen MR) is 18.0 cm³/mol. The zero-order chi connectivity index (χ0) is 3.41. The minimum absolute atomic E-state index is 0.798. The molecule has 0 rings (SSSR count). The van der Waals surface area contributed by atoms with Gasteiger partial charge in [0.05, 0.1) is 0 Å². The summed E-state index contributed by atoms with van der Waals surface area (Å²) in [5, 5.41) is 4.82. The Hall–Kier alpha value is 0.0969. The smallest absolute Gasteiger partial charge is 0.259 e. The van der Waals surface area contributed by atoms with E-state index in [0.29, 0.717) is 0 Å². The van der Waals surface area contributed by atoms with Crippen LogP contribution in [0.2, 0.25) is 0 Å². The van der Waals surface area contributed by atoms with E-state index in [2.05, 4.69) is 10.4 Å². The van der Waals surface area contributed by atoms with Gasteiger partial charge in [-0.3, -0.25) is 0 Å². The van der Waals surface area contributed by atoms with Gasteiger partial charge >= 0.3 is 0 Å². The molecule has 0 radical (unpaired) electrons. The predicted octanol–water partition coefficient (Wildman–Crippen LogP) is -2.17. The average Bonchev–Trinajstić information content (AvgIpc) is 1.37. The Kier molecular flexibility index (Phi) is 3.17. The van der Waals surface area contributed by atoms with Crippen molar-refractivity contribution in [2.75, 3.05) is 0 Å². The van der Waals surface area contributed by atoms with Crippen LogP contribution in [-0.4, -0.2) is 9.92 Å². The largest absolute Gasteiger partial charge is 0.337 e. The van der Waals surface area contributed by atoms with Gasteiger partial charge in [-0.05, 0) is 0 Å². The summed E-state index contributed by atoms with van der Waals surface area (Å²) in [6, 6.07) is 0. The van der Waals surface area contributed by atoms with Gasteiger partial charge in [0.1, 0.15) is 0 Å². The zero-order valence-electron chi connectivity index (χ0n) is 2.27. The van der Waals surface area contributed by atoms with Crippen LogP contribution < -0.4 is 11.3 Å². The summed E-state index contributed by atoms with van der Waals surface area (Å²) in [6.45, 7) is 0. The molecule has 0 spiro atoms. The van der Waals surface area contributed by atoms with Crippen molar-refractivity contribution in [1.82, 2.24) is 0 Å². The number of nitrogens with two attached hydrogens (primary N) is 2. The monoisotopic (exact) mass is 78.0 g/mol. The molecule has 0 amide bonds. The molecule has 4 N–H and O–H groups in total. The van der Waals surface area contributed by atoms with Gasteiger partial charge in [0, 0.05) is 0 Å². The van der Waals surface area contributed by atoms with Gasteiger partial charge in [0.15, 0.2) is 0 Å². The maximum Gasteiger partial charge on any atom is 0.259 e.